The Balaban J connectivity index is 0.00000169. The summed E-state index contributed by atoms with van der Waals surface area (Å²) in [4.78, 5) is 0. The van der Waals surface area contributed by atoms with E-state index in [1.807, 2.05) is 0 Å². The summed E-state index contributed by atoms with van der Waals surface area (Å²) in [5.41, 5.74) is 0. The molecule has 0 saturated heterocycles. The molecule has 0 aliphatic rings. The number of alkyl halides is 1. The van der Waals surface area contributed by atoms with Gasteiger partial charge < -0.3 is 17.0 Å². The van der Waals surface area contributed by atoms with Crippen molar-refractivity contribution in [2.75, 3.05) is 5.33 Å². The summed E-state index contributed by atoms with van der Waals surface area (Å²) in [6.07, 6.45) is 9.54. The first-order valence-corrected chi connectivity index (χ1v) is 6.05. The van der Waals surface area contributed by atoms with Gasteiger partial charge in [-0.25, -0.2) is 4.57 Å². The molecule has 0 aliphatic heterocycles. The normalized spacial score (nSPS) is 9.50. The van der Waals surface area contributed by atoms with Gasteiger partial charge in [0.1, 0.15) is 6.54 Å². The molecule has 0 amide bonds. The van der Waals surface area contributed by atoms with E-state index in [4.69, 9.17) is 0 Å². The van der Waals surface area contributed by atoms with Crippen molar-refractivity contribution < 1.29 is 21.5 Å². The van der Waals surface area contributed by atoms with E-state index >= 15 is 0 Å². The van der Waals surface area contributed by atoms with Gasteiger partial charge in [0.05, 0.1) is 0 Å². The van der Waals surface area contributed by atoms with Crippen LogP contribution in [-0.4, -0.2) is 5.33 Å². The maximum atomic E-state index is 3.44. The van der Waals surface area contributed by atoms with E-state index in [1.165, 1.54) is 25.7 Å². The summed E-state index contributed by atoms with van der Waals surface area (Å²) in [5.74, 6) is 0. The zero-order valence-electron chi connectivity index (χ0n) is 8.33. The van der Waals surface area contributed by atoms with Gasteiger partial charge in [-0.3, -0.25) is 0 Å². The third-order valence-electron chi connectivity index (χ3n) is 2.08. The molecule has 1 aromatic rings. The van der Waals surface area contributed by atoms with Crippen molar-refractivity contribution in [3.8, 4) is 0 Å². The van der Waals surface area contributed by atoms with Crippen molar-refractivity contribution in [1.82, 2.24) is 0 Å². The Bertz CT molecular complexity index is 214. The lowest BCUT2D eigenvalue weighted by atomic mass is 10.2. The minimum Gasteiger partial charge on any atom is -1.00 e. The van der Waals surface area contributed by atoms with Crippen LogP contribution in [0, 0.1) is 0 Å². The Kier molecular flexibility index (Phi) is 9.73. The highest BCUT2D eigenvalue weighted by atomic mass is 79.9. The number of rotatable bonds is 6. The maximum Gasteiger partial charge on any atom is 0.168 e. The Labute approximate surface area is 105 Å². The minimum atomic E-state index is 0. The average molecular weight is 323 g/mol. The molecule has 0 saturated carbocycles. The van der Waals surface area contributed by atoms with Crippen LogP contribution >= 0.6 is 15.9 Å². The van der Waals surface area contributed by atoms with Crippen LogP contribution in [0.15, 0.2) is 30.6 Å². The van der Waals surface area contributed by atoms with Crippen LogP contribution < -0.4 is 21.5 Å². The molecule has 0 radical (unpaired) electrons. The molecule has 1 rings (SSSR count). The van der Waals surface area contributed by atoms with E-state index in [0.717, 1.165) is 11.9 Å². The lowest BCUT2D eigenvalue weighted by Crippen LogP contribution is -3.00. The zero-order valence-corrected chi connectivity index (χ0v) is 11.5. The summed E-state index contributed by atoms with van der Waals surface area (Å²) < 4.78 is 2.24. The third kappa shape index (κ3) is 6.55. The quantitative estimate of drug-likeness (QED) is 0.392. The Morgan fingerprint density at radius 1 is 0.857 bits per heavy atom. The molecule has 0 unspecified atom stereocenters. The van der Waals surface area contributed by atoms with Gasteiger partial charge in [-0.05, 0) is 12.8 Å². The molecule has 1 nitrogen and oxygen atoms in total. The largest absolute Gasteiger partial charge is 1.00 e. The van der Waals surface area contributed by atoms with Crippen molar-refractivity contribution >= 4 is 15.9 Å². The summed E-state index contributed by atoms with van der Waals surface area (Å²) >= 11 is 3.44. The Morgan fingerprint density at radius 2 is 1.50 bits per heavy atom. The second kappa shape index (κ2) is 9.66. The summed E-state index contributed by atoms with van der Waals surface area (Å²) in [6, 6.07) is 6.22. The smallest absolute Gasteiger partial charge is 0.168 e. The SMILES string of the molecule is BrCCCCCC[n+]1ccccc1.[Br-]. The van der Waals surface area contributed by atoms with Crippen molar-refractivity contribution in [3.05, 3.63) is 30.6 Å². The molecule has 1 heterocycles. The predicted octanol–water partition coefficient (Wildman–Crippen LogP) is -0.0666. The fraction of sp³-hybridized carbons (Fsp3) is 0.545. The van der Waals surface area contributed by atoms with Gasteiger partial charge in [0.25, 0.3) is 0 Å². The van der Waals surface area contributed by atoms with E-state index < -0.39 is 0 Å². The second-order valence-electron chi connectivity index (χ2n) is 3.22. The van der Waals surface area contributed by atoms with Gasteiger partial charge in [0.2, 0.25) is 0 Å². The number of aryl methyl sites for hydroxylation is 1. The van der Waals surface area contributed by atoms with Crippen LogP contribution in [0.25, 0.3) is 0 Å². The Hall–Kier alpha value is 0.110. The first-order valence-electron chi connectivity index (χ1n) is 4.93. The fourth-order valence-corrected chi connectivity index (χ4v) is 1.72. The van der Waals surface area contributed by atoms with Crippen LogP contribution in [0.5, 0.6) is 0 Å². The van der Waals surface area contributed by atoms with Crippen LogP contribution in [0.1, 0.15) is 25.7 Å². The topological polar surface area (TPSA) is 3.88 Å². The first-order chi connectivity index (χ1) is 6.43. The monoisotopic (exact) mass is 321 g/mol. The molecule has 0 N–H and O–H groups in total. The van der Waals surface area contributed by atoms with Crippen molar-refractivity contribution in [2.24, 2.45) is 0 Å². The molecular weight excluding hydrogens is 306 g/mol. The van der Waals surface area contributed by atoms with Crippen molar-refractivity contribution in [2.45, 2.75) is 32.2 Å². The second-order valence-corrected chi connectivity index (χ2v) is 4.01. The lowest BCUT2D eigenvalue weighted by molar-refractivity contribution is -0.697. The molecule has 0 spiro atoms. The molecule has 0 bridgehead atoms. The van der Waals surface area contributed by atoms with Crippen molar-refractivity contribution in [3.63, 3.8) is 0 Å². The molecule has 80 valence electrons. The van der Waals surface area contributed by atoms with Gasteiger partial charge in [-0.1, -0.05) is 28.4 Å². The summed E-state index contributed by atoms with van der Waals surface area (Å²) in [6.45, 7) is 1.16. The fourth-order valence-electron chi connectivity index (χ4n) is 1.33. The van der Waals surface area contributed by atoms with Crippen LogP contribution in [0.3, 0.4) is 0 Å². The standard InChI is InChI=1S/C11H17BrN.BrH/c12-8-4-1-2-5-9-13-10-6-3-7-11-13;/h3,6-7,10-11H,1-2,4-5,8-9H2;1H/q+1;/p-1. The molecular formula is C11H17Br2N. The van der Waals surface area contributed by atoms with E-state index in [1.54, 1.807) is 0 Å². The van der Waals surface area contributed by atoms with Crippen LogP contribution in [-0.2, 0) is 6.54 Å². The maximum absolute atomic E-state index is 3.44. The van der Waals surface area contributed by atoms with E-state index in [9.17, 15) is 0 Å². The molecule has 0 fully saturated rings. The van der Waals surface area contributed by atoms with E-state index in [-0.39, 0.29) is 17.0 Å². The number of halogens is 2. The van der Waals surface area contributed by atoms with Gasteiger partial charge in [-0.2, -0.15) is 0 Å². The predicted molar refractivity (Wildman–Crippen MR) is 58.9 cm³/mol. The first kappa shape index (κ1) is 14.1. The highest BCUT2D eigenvalue weighted by molar-refractivity contribution is 9.09. The van der Waals surface area contributed by atoms with Gasteiger partial charge in [-0.15, -0.1) is 0 Å². The molecule has 0 atom stereocenters. The lowest BCUT2D eigenvalue weighted by Gasteiger charge is -1.96. The van der Waals surface area contributed by atoms with Crippen molar-refractivity contribution in [1.29, 1.82) is 0 Å². The molecule has 0 aliphatic carbocycles. The number of pyridine rings is 1. The highest BCUT2D eigenvalue weighted by Crippen LogP contribution is 2.01. The number of hydrogen-bond acceptors (Lipinski definition) is 0. The van der Waals surface area contributed by atoms with E-state index in [0.29, 0.717) is 0 Å². The van der Waals surface area contributed by atoms with Gasteiger partial charge >= 0.3 is 0 Å². The Morgan fingerprint density at radius 3 is 2.14 bits per heavy atom. The number of aromatic nitrogens is 1. The summed E-state index contributed by atoms with van der Waals surface area (Å²) in [5, 5.41) is 1.14. The third-order valence-corrected chi connectivity index (χ3v) is 2.64. The van der Waals surface area contributed by atoms with Crippen LogP contribution in [0.2, 0.25) is 0 Å². The zero-order chi connectivity index (χ0) is 9.36. The summed E-state index contributed by atoms with van der Waals surface area (Å²) in [7, 11) is 0. The molecule has 0 aromatic carbocycles. The van der Waals surface area contributed by atoms with E-state index in [2.05, 4.69) is 51.1 Å². The molecule has 14 heavy (non-hydrogen) atoms. The number of hydrogen-bond donors (Lipinski definition) is 0. The van der Waals surface area contributed by atoms with Gasteiger partial charge in [0, 0.05) is 23.9 Å². The van der Waals surface area contributed by atoms with Crippen LogP contribution in [0.4, 0.5) is 0 Å². The highest BCUT2D eigenvalue weighted by Gasteiger charge is 1.96. The number of nitrogens with zero attached hydrogens (tertiary/aromatic N) is 1. The molecule has 1 aromatic heterocycles. The molecule has 3 heteroatoms. The van der Waals surface area contributed by atoms with Gasteiger partial charge in [0.15, 0.2) is 12.4 Å². The number of unbranched alkanes of at least 4 members (excludes halogenated alkanes) is 3. The minimum absolute atomic E-state index is 0. The average Bonchev–Trinajstić information content (AvgIpc) is 2.19.